The van der Waals surface area contributed by atoms with E-state index < -0.39 is 10.0 Å². The molecule has 0 aliphatic carbocycles. The highest BCUT2D eigenvalue weighted by Gasteiger charge is 2.06. The molecule has 0 bridgehead atoms. The molecular formula is C14H15FN2O2S. The summed E-state index contributed by atoms with van der Waals surface area (Å²) in [5, 5.41) is 8.15. The van der Waals surface area contributed by atoms with Gasteiger partial charge in [0.2, 0.25) is 10.0 Å². The molecule has 0 unspecified atom stereocenters. The molecule has 0 atom stereocenters. The molecule has 0 heterocycles. The molecule has 0 aliphatic heterocycles. The van der Waals surface area contributed by atoms with Gasteiger partial charge in [-0.1, -0.05) is 12.1 Å². The summed E-state index contributed by atoms with van der Waals surface area (Å²) in [7, 11) is -3.66. The van der Waals surface area contributed by atoms with E-state index in [4.69, 9.17) is 5.14 Å². The zero-order valence-electron chi connectivity index (χ0n) is 10.7. The van der Waals surface area contributed by atoms with E-state index in [1.807, 2.05) is 6.07 Å². The van der Waals surface area contributed by atoms with Gasteiger partial charge in [0.15, 0.2) is 0 Å². The van der Waals surface area contributed by atoms with Crippen LogP contribution in [0.3, 0.4) is 0 Å². The van der Waals surface area contributed by atoms with Crippen molar-refractivity contribution in [1.82, 2.24) is 0 Å². The summed E-state index contributed by atoms with van der Waals surface area (Å²) in [5.41, 5.74) is 1.69. The molecule has 0 fully saturated rings. The number of rotatable bonds is 5. The fourth-order valence-corrected chi connectivity index (χ4v) is 2.32. The second-order valence-electron chi connectivity index (χ2n) is 4.38. The molecule has 4 nitrogen and oxygen atoms in total. The highest BCUT2D eigenvalue weighted by Crippen LogP contribution is 2.13. The van der Waals surface area contributed by atoms with Crippen LogP contribution in [0.15, 0.2) is 53.4 Å². The highest BCUT2D eigenvalue weighted by atomic mass is 32.2. The van der Waals surface area contributed by atoms with Crippen LogP contribution >= 0.6 is 0 Å². The quantitative estimate of drug-likeness (QED) is 0.887. The molecule has 6 heteroatoms. The van der Waals surface area contributed by atoms with Gasteiger partial charge in [0, 0.05) is 12.2 Å². The van der Waals surface area contributed by atoms with Crippen molar-refractivity contribution in [2.75, 3.05) is 11.9 Å². The van der Waals surface area contributed by atoms with Crippen LogP contribution in [-0.4, -0.2) is 15.0 Å². The second-order valence-corrected chi connectivity index (χ2v) is 5.94. The number of anilines is 1. The topological polar surface area (TPSA) is 72.2 Å². The maximum absolute atomic E-state index is 13.0. The van der Waals surface area contributed by atoms with Crippen LogP contribution in [0.2, 0.25) is 0 Å². The number of sulfonamides is 1. The van der Waals surface area contributed by atoms with E-state index in [0.717, 1.165) is 11.3 Å². The third kappa shape index (κ3) is 4.04. The molecule has 0 aliphatic rings. The summed E-state index contributed by atoms with van der Waals surface area (Å²) in [4.78, 5) is 0.0770. The minimum atomic E-state index is -3.66. The monoisotopic (exact) mass is 294 g/mol. The van der Waals surface area contributed by atoms with Crippen molar-refractivity contribution in [2.24, 2.45) is 5.14 Å². The number of nitrogens with two attached hydrogens (primary N) is 1. The Morgan fingerprint density at radius 1 is 1.10 bits per heavy atom. The SMILES string of the molecule is NS(=O)(=O)c1ccc(NCCc2cccc(F)c2)cc1. The zero-order chi connectivity index (χ0) is 14.6. The van der Waals surface area contributed by atoms with E-state index in [-0.39, 0.29) is 10.7 Å². The smallest absolute Gasteiger partial charge is 0.238 e. The van der Waals surface area contributed by atoms with Gasteiger partial charge in [0.05, 0.1) is 4.90 Å². The van der Waals surface area contributed by atoms with Crippen molar-refractivity contribution in [2.45, 2.75) is 11.3 Å². The third-order valence-electron chi connectivity index (χ3n) is 2.81. The molecule has 3 N–H and O–H groups in total. The fourth-order valence-electron chi connectivity index (χ4n) is 1.81. The summed E-state index contributed by atoms with van der Waals surface area (Å²) in [5.74, 6) is -0.250. The maximum atomic E-state index is 13.0. The molecule has 2 rings (SSSR count). The van der Waals surface area contributed by atoms with Crippen LogP contribution < -0.4 is 10.5 Å². The van der Waals surface area contributed by atoms with Gasteiger partial charge in [-0.15, -0.1) is 0 Å². The first kappa shape index (κ1) is 14.5. The standard InChI is InChI=1S/C14H15FN2O2S/c15-12-3-1-2-11(10-12)8-9-17-13-4-6-14(7-5-13)20(16,18)19/h1-7,10,17H,8-9H2,(H2,16,18,19). The number of benzene rings is 2. The Kier molecular flexibility index (Phi) is 4.36. The lowest BCUT2D eigenvalue weighted by Crippen LogP contribution is -2.12. The Morgan fingerprint density at radius 2 is 1.80 bits per heavy atom. The molecule has 0 spiro atoms. The van der Waals surface area contributed by atoms with Gasteiger partial charge in [-0.25, -0.2) is 17.9 Å². The predicted molar refractivity (Wildman–Crippen MR) is 76.4 cm³/mol. The first-order chi connectivity index (χ1) is 9.45. The fraction of sp³-hybridized carbons (Fsp3) is 0.143. The van der Waals surface area contributed by atoms with Gasteiger partial charge in [0.1, 0.15) is 5.82 Å². The van der Waals surface area contributed by atoms with E-state index in [1.54, 1.807) is 18.2 Å². The Morgan fingerprint density at radius 3 is 2.40 bits per heavy atom. The first-order valence-electron chi connectivity index (χ1n) is 6.06. The van der Waals surface area contributed by atoms with Crippen molar-refractivity contribution >= 4 is 15.7 Å². The summed E-state index contributed by atoms with van der Waals surface area (Å²) >= 11 is 0. The molecule has 106 valence electrons. The average molecular weight is 294 g/mol. The Labute approximate surface area is 117 Å². The number of nitrogens with one attached hydrogen (secondary N) is 1. The zero-order valence-corrected chi connectivity index (χ0v) is 11.5. The van der Waals surface area contributed by atoms with Crippen LogP contribution in [-0.2, 0) is 16.4 Å². The molecule has 0 aromatic heterocycles. The van der Waals surface area contributed by atoms with Crippen LogP contribution in [0.1, 0.15) is 5.56 Å². The van der Waals surface area contributed by atoms with Crippen molar-refractivity contribution in [3.63, 3.8) is 0 Å². The van der Waals surface area contributed by atoms with Crippen LogP contribution in [0, 0.1) is 5.82 Å². The van der Waals surface area contributed by atoms with Crippen LogP contribution in [0.25, 0.3) is 0 Å². The average Bonchev–Trinajstić information content (AvgIpc) is 2.38. The highest BCUT2D eigenvalue weighted by molar-refractivity contribution is 7.89. The summed E-state index contributed by atoms with van der Waals surface area (Å²) < 4.78 is 35.2. The molecule has 2 aromatic rings. The van der Waals surface area contributed by atoms with E-state index >= 15 is 0 Å². The van der Waals surface area contributed by atoms with Crippen LogP contribution in [0.5, 0.6) is 0 Å². The summed E-state index contributed by atoms with van der Waals surface area (Å²) in [6, 6.07) is 12.6. The van der Waals surface area contributed by atoms with Gasteiger partial charge < -0.3 is 5.32 Å². The third-order valence-corrected chi connectivity index (χ3v) is 3.74. The predicted octanol–water partition coefficient (Wildman–Crippen LogP) is 2.13. The Balaban J connectivity index is 1.92. The molecule has 20 heavy (non-hydrogen) atoms. The normalized spacial score (nSPS) is 11.3. The van der Waals surface area contributed by atoms with E-state index in [0.29, 0.717) is 13.0 Å². The molecule has 0 saturated heterocycles. The lowest BCUT2D eigenvalue weighted by Gasteiger charge is -2.07. The van der Waals surface area contributed by atoms with E-state index in [1.165, 1.54) is 24.3 Å². The molecule has 2 aromatic carbocycles. The lowest BCUT2D eigenvalue weighted by atomic mass is 10.1. The van der Waals surface area contributed by atoms with Crippen molar-refractivity contribution in [3.8, 4) is 0 Å². The summed E-state index contributed by atoms with van der Waals surface area (Å²) in [6.07, 6.45) is 0.675. The number of primary sulfonamides is 1. The maximum Gasteiger partial charge on any atom is 0.238 e. The summed E-state index contributed by atoms with van der Waals surface area (Å²) in [6.45, 7) is 0.623. The van der Waals surface area contributed by atoms with Crippen molar-refractivity contribution in [3.05, 3.63) is 59.9 Å². The van der Waals surface area contributed by atoms with Gasteiger partial charge in [0.25, 0.3) is 0 Å². The van der Waals surface area contributed by atoms with Gasteiger partial charge in [-0.3, -0.25) is 0 Å². The van der Waals surface area contributed by atoms with Gasteiger partial charge >= 0.3 is 0 Å². The van der Waals surface area contributed by atoms with Crippen molar-refractivity contribution in [1.29, 1.82) is 0 Å². The first-order valence-corrected chi connectivity index (χ1v) is 7.61. The number of halogens is 1. The Hall–Kier alpha value is -1.92. The second kappa shape index (κ2) is 6.02. The minimum Gasteiger partial charge on any atom is -0.385 e. The molecule has 0 saturated carbocycles. The number of hydrogen-bond acceptors (Lipinski definition) is 3. The van der Waals surface area contributed by atoms with Crippen LogP contribution in [0.4, 0.5) is 10.1 Å². The Bertz CT molecular complexity index is 685. The van der Waals surface area contributed by atoms with E-state index in [2.05, 4.69) is 5.32 Å². The van der Waals surface area contributed by atoms with Crippen molar-refractivity contribution < 1.29 is 12.8 Å². The molecule has 0 radical (unpaired) electrons. The molecule has 0 amide bonds. The van der Waals surface area contributed by atoms with Gasteiger partial charge in [-0.2, -0.15) is 0 Å². The lowest BCUT2D eigenvalue weighted by molar-refractivity contribution is 0.598. The van der Waals surface area contributed by atoms with E-state index in [9.17, 15) is 12.8 Å². The van der Waals surface area contributed by atoms with Gasteiger partial charge in [-0.05, 0) is 48.4 Å². The molecular weight excluding hydrogens is 279 g/mol. The largest absolute Gasteiger partial charge is 0.385 e. The minimum absolute atomic E-state index is 0.0770. The number of hydrogen-bond donors (Lipinski definition) is 2.